The Morgan fingerprint density at radius 3 is 2.46 bits per heavy atom. The predicted octanol–water partition coefficient (Wildman–Crippen LogP) is 5.08. The highest BCUT2D eigenvalue weighted by molar-refractivity contribution is 6.07. The van der Waals surface area contributed by atoms with Crippen LogP contribution in [0.2, 0.25) is 0 Å². The molecule has 3 aromatic rings. The minimum atomic E-state index is -0.0735. The summed E-state index contributed by atoms with van der Waals surface area (Å²) in [4.78, 5) is 19.8. The molecular weight excluding hydrogens is 434 g/mol. The highest BCUT2D eigenvalue weighted by atomic mass is 16.3. The van der Waals surface area contributed by atoms with Gasteiger partial charge in [-0.25, -0.2) is 0 Å². The van der Waals surface area contributed by atoms with Gasteiger partial charge >= 0.3 is 0 Å². The van der Waals surface area contributed by atoms with Crippen molar-refractivity contribution in [1.82, 2.24) is 9.80 Å². The van der Waals surface area contributed by atoms with Crippen molar-refractivity contribution in [2.24, 2.45) is 0 Å². The molecule has 0 bridgehead atoms. The maximum absolute atomic E-state index is 13.1. The molecule has 1 fully saturated rings. The van der Waals surface area contributed by atoms with Crippen molar-refractivity contribution in [3.05, 3.63) is 89.0 Å². The first-order chi connectivity index (χ1) is 16.8. The topological polar surface area (TPSA) is 47.0 Å². The molecular formula is C30H35N3O2. The van der Waals surface area contributed by atoms with E-state index < -0.39 is 0 Å². The van der Waals surface area contributed by atoms with Gasteiger partial charge in [-0.2, -0.15) is 0 Å². The maximum atomic E-state index is 13.1. The number of hydrogen-bond donors (Lipinski definition) is 1. The van der Waals surface area contributed by atoms with E-state index in [2.05, 4.69) is 66.2 Å². The molecule has 0 atom stereocenters. The third-order valence-corrected chi connectivity index (χ3v) is 6.59. The number of phenolic OH excluding ortho intramolecular Hbond substituents is 1. The Kier molecular flexibility index (Phi) is 7.69. The smallest absolute Gasteiger partial charge is 0.185 e. The van der Waals surface area contributed by atoms with Gasteiger partial charge in [0.25, 0.3) is 0 Å². The van der Waals surface area contributed by atoms with E-state index in [0.29, 0.717) is 12.1 Å². The SMILES string of the molecule is Cc1ccccc1-c1ccc(N2CCN(C)CC2)c(C=CC(=O)c2ccc(O)c(CN(C)C)c2)c1. The summed E-state index contributed by atoms with van der Waals surface area (Å²) in [6.45, 7) is 6.65. The van der Waals surface area contributed by atoms with Crippen LogP contribution in [0, 0.1) is 6.92 Å². The lowest BCUT2D eigenvalue weighted by atomic mass is 9.97. The molecule has 0 radical (unpaired) electrons. The number of piperazine rings is 1. The number of ketones is 1. The van der Waals surface area contributed by atoms with E-state index in [1.54, 1.807) is 24.3 Å². The molecule has 182 valence electrons. The van der Waals surface area contributed by atoms with Crippen molar-refractivity contribution in [3.63, 3.8) is 0 Å². The number of benzene rings is 3. The fourth-order valence-corrected chi connectivity index (χ4v) is 4.56. The minimum absolute atomic E-state index is 0.0735. The van der Waals surface area contributed by atoms with Crippen molar-refractivity contribution in [2.75, 3.05) is 52.2 Å². The molecule has 1 saturated heterocycles. The van der Waals surface area contributed by atoms with Crippen LogP contribution >= 0.6 is 0 Å². The molecule has 1 aliphatic rings. The van der Waals surface area contributed by atoms with Gasteiger partial charge in [-0.1, -0.05) is 30.3 Å². The second-order valence-electron chi connectivity index (χ2n) is 9.66. The van der Waals surface area contributed by atoms with Crippen LogP contribution in [0.1, 0.15) is 27.0 Å². The van der Waals surface area contributed by atoms with E-state index in [-0.39, 0.29) is 11.5 Å². The number of nitrogens with zero attached hydrogens (tertiary/aromatic N) is 3. The number of carbonyl (C=O) groups is 1. The molecule has 0 saturated carbocycles. The van der Waals surface area contributed by atoms with Gasteiger partial charge < -0.3 is 19.8 Å². The minimum Gasteiger partial charge on any atom is -0.508 e. The number of likely N-dealkylation sites (N-methyl/N-ethyl adjacent to an activating group) is 1. The first kappa shape index (κ1) is 24.7. The summed E-state index contributed by atoms with van der Waals surface area (Å²) in [5.74, 6) is 0.137. The third kappa shape index (κ3) is 5.99. The van der Waals surface area contributed by atoms with Crippen molar-refractivity contribution in [2.45, 2.75) is 13.5 Å². The molecule has 5 nitrogen and oxygen atoms in total. The van der Waals surface area contributed by atoms with Crippen molar-refractivity contribution in [1.29, 1.82) is 0 Å². The fourth-order valence-electron chi connectivity index (χ4n) is 4.56. The first-order valence-electron chi connectivity index (χ1n) is 12.1. The van der Waals surface area contributed by atoms with Crippen LogP contribution in [0.15, 0.2) is 66.7 Å². The summed E-state index contributed by atoms with van der Waals surface area (Å²) in [6.07, 6.45) is 3.60. The molecule has 0 aromatic heterocycles. The number of allylic oxidation sites excluding steroid dienone is 1. The third-order valence-electron chi connectivity index (χ3n) is 6.59. The number of aryl methyl sites for hydroxylation is 1. The van der Waals surface area contributed by atoms with Crippen molar-refractivity contribution >= 4 is 17.5 Å². The largest absolute Gasteiger partial charge is 0.508 e. The Hall–Kier alpha value is -3.41. The van der Waals surface area contributed by atoms with Gasteiger partial charge in [0.1, 0.15) is 5.75 Å². The van der Waals surface area contributed by atoms with Crippen LogP contribution in [0.4, 0.5) is 5.69 Å². The number of carbonyl (C=O) groups excluding carboxylic acids is 1. The van der Waals surface area contributed by atoms with E-state index in [0.717, 1.165) is 48.6 Å². The van der Waals surface area contributed by atoms with Gasteiger partial charge in [0.15, 0.2) is 5.78 Å². The number of hydrogen-bond acceptors (Lipinski definition) is 5. The van der Waals surface area contributed by atoms with E-state index in [1.165, 1.54) is 11.1 Å². The predicted molar refractivity (Wildman–Crippen MR) is 145 cm³/mol. The molecule has 0 unspecified atom stereocenters. The van der Waals surface area contributed by atoms with E-state index in [4.69, 9.17) is 0 Å². The van der Waals surface area contributed by atoms with Crippen LogP contribution < -0.4 is 4.90 Å². The average molecular weight is 470 g/mol. The Morgan fingerprint density at radius 1 is 1.00 bits per heavy atom. The van der Waals surface area contributed by atoms with Crippen LogP contribution in [-0.4, -0.2) is 68.0 Å². The summed E-state index contributed by atoms with van der Waals surface area (Å²) in [5.41, 5.74) is 7.08. The lowest BCUT2D eigenvalue weighted by Crippen LogP contribution is -2.44. The Balaban J connectivity index is 1.68. The van der Waals surface area contributed by atoms with Crippen molar-refractivity contribution < 1.29 is 9.90 Å². The number of aromatic hydroxyl groups is 1. The number of anilines is 1. The van der Waals surface area contributed by atoms with Crippen LogP contribution in [0.3, 0.4) is 0 Å². The summed E-state index contributed by atoms with van der Waals surface area (Å²) < 4.78 is 0. The summed E-state index contributed by atoms with van der Waals surface area (Å²) in [5, 5.41) is 10.2. The highest BCUT2D eigenvalue weighted by Gasteiger charge is 2.17. The van der Waals surface area contributed by atoms with Crippen LogP contribution in [0.25, 0.3) is 17.2 Å². The van der Waals surface area contributed by atoms with E-state index in [9.17, 15) is 9.90 Å². The van der Waals surface area contributed by atoms with Gasteiger partial charge in [-0.05, 0) is 92.8 Å². The van der Waals surface area contributed by atoms with Crippen molar-refractivity contribution in [3.8, 4) is 16.9 Å². The lowest BCUT2D eigenvalue weighted by Gasteiger charge is -2.35. The zero-order valence-corrected chi connectivity index (χ0v) is 21.2. The van der Waals surface area contributed by atoms with Gasteiger partial charge in [0, 0.05) is 49.5 Å². The maximum Gasteiger partial charge on any atom is 0.185 e. The standard InChI is InChI=1S/C30H35N3O2/c1-22-7-5-6-8-27(22)23-9-12-28(33-17-15-32(4)16-18-33)24(19-23)10-13-29(34)25-11-14-30(35)26(20-25)21-31(2)3/h5-14,19-20,35H,15-18,21H2,1-4H3. The zero-order valence-electron chi connectivity index (χ0n) is 21.2. The molecule has 1 N–H and O–H groups in total. The Labute approximate surface area is 208 Å². The zero-order chi connectivity index (χ0) is 24.9. The van der Waals surface area contributed by atoms with Gasteiger partial charge in [0.05, 0.1) is 0 Å². The van der Waals surface area contributed by atoms with Crippen LogP contribution in [0.5, 0.6) is 5.75 Å². The molecule has 1 heterocycles. The molecule has 5 heteroatoms. The number of phenols is 1. The average Bonchev–Trinajstić information content (AvgIpc) is 2.84. The number of rotatable bonds is 7. The molecule has 0 spiro atoms. The molecule has 4 rings (SSSR count). The quantitative estimate of drug-likeness (QED) is 0.386. The summed E-state index contributed by atoms with van der Waals surface area (Å²) >= 11 is 0. The fraction of sp³-hybridized carbons (Fsp3) is 0.300. The van der Waals surface area contributed by atoms with Gasteiger partial charge in [-0.3, -0.25) is 4.79 Å². The monoisotopic (exact) mass is 469 g/mol. The second kappa shape index (κ2) is 10.9. The summed E-state index contributed by atoms with van der Waals surface area (Å²) in [7, 11) is 6.03. The molecule has 0 aliphatic carbocycles. The lowest BCUT2D eigenvalue weighted by molar-refractivity contribution is 0.104. The molecule has 0 amide bonds. The first-order valence-corrected chi connectivity index (χ1v) is 12.1. The molecule has 35 heavy (non-hydrogen) atoms. The molecule has 3 aromatic carbocycles. The summed E-state index contributed by atoms with van der Waals surface area (Å²) in [6, 6.07) is 20.0. The van der Waals surface area contributed by atoms with E-state index >= 15 is 0 Å². The molecule has 1 aliphatic heterocycles. The Bertz CT molecular complexity index is 1220. The highest BCUT2D eigenvalue weighted by Crippen LogP contribution is 2.31. The Morgan fingerprint density at radius 2 is 1.74 bits per heavy atom. The van der Waals surface area contributed by atoms with Crippen LogP contribution in [-0.2, 0) is 6.54 Å². The normalized spacial score (nSPS) is 14.7. The van der Waals surface area contributed by atoms with Gasteiger partial charge in [-0.15, -0.1) is 0 Å². The van der Waals surface area contributed by atoms with E-state index in [1.807, 2.05) is 25.1 Å². The van der Waals surface area contributed by atoms with Gasteiger partial charge in [0.2, 0.25) is 0 Å². The second-order valence-corrected chi connectivity index (χ2v) is 9.66.